The van der Waals surface area contributed by atoms with Crippen molar-refractivity contribution in [3.63, 3.8) is 0 Å². The molecule has 1 aromatic heterocycles. The fourth-order valence-electron chi connectivity index (χ4n) is 3.97. The average molecular weight is 528 g/mol. The zero-order valence-corrected chi connectivity index (χ0v) is 22.7. The number of carbonyl (C=O) groups is 1. The number of anilines is 1. The number of hydrogen-bond donors (Lipinski definition) is 1. The molecule has 0 radical (unpaired) electrons. The molecule has 200 valence electrons. The van der Waals surface area contributed by atoms with Gasteiger partial charge in [0.05, 0.1) is 12.0 Å². The van der Waals surface area contributed by atoms with Crippen molar-refractivity contribution in [1.29, 1.82) is 0 Å². The smallest absolute Gasteiger partial charge is 0.253 e. The van der Waals surface area contributed by atoms with Crippen LogP contribution >= 0.6 is 0 Å². The number of nitrogens with two attached hydrogens (primary N) is 1. The molecule has 0 saturated carbocycles. The Morgan fingerprint density at radius 3 is 2.22 bits per heavy atom. The predicted molar refractivity (Wildman–Crippen MR) is 146 cm³/mol. The first-order chi connectivity index (χ1) is 17.7. The van der Waals surface area contributed by atoms with E-state index in [2.05, 4.69) is 18.7 Å². The Labute approximate surface area is 220 Å². The van der Waals surface area contributed by atoms with Gasteiger partial charge in [-0.05, 0) is 49.2 Å². The number of furan rings is 1. The van der Waals surface area contributed by atoms with Crippen molar-refractivity contribution in [2.45, 2.75) is 50.8 Å². The van der Waals surface area contributed by atoms with Crippen LogP contribution in [0.15, 0.2) is 70.2 Å². The summed E-state index contributed by atoms with van der Waals surface area (Å²) in [5, 5.41) is 5.68. The topological polar surface area (TPSA) is 106 Å². The van der Waals surface area contributed by atoms with Crippen molar-refractivity contribution < 1.29 is 22.4 Å². The van der Waals surface area contributed by atoms with Gasteiger partial charge in [-0.25, -0.2) is 13.6 Å². The third-order valence-electron chi connectivity index (χ3n) is 6.08. The molecular formula is C28H37N3O5S. The number of primary sulfonamides is 1. The average Bonchev–Trinajstić information content (AvgIpc) is 3.41. The van der Waals surface area contributed by atoms with Crippen molar-refractivity contribution in [3.8, 4) is 11.5 Å². The number of unbranched alkanes of at least 4 members (excludes halogenated alkanes) is 2. The van der Waals surface area contributed by atoms with Gasteiger partial charge in [0.2, 0.25) is 10.0 Å². The maximum Gasteiger partial charge on any atom is 0.253 e. The normalized spacial score (nSPS) is 11.4. The Balaban J connectivity index is 2.10. The van der Waals surface area contributed by atoms with Crippen LogP contribution in [0.2, 0.25) is 0 Å². The van der Waals surface area contributed by atoms with Crippen LogP contribution in [0.3, 0.4) is 0 Å². The second-order valence-corrected chi connectivity index (χ2v) is 10.6. The molecule has 37 heavy (non-hydrogen) atoms. The zero-order chi connectivity index (χ0) is 26.8. The first-order valence-corrected chi connectivity index (χ1v) is 14.3. The Hall–Kier alpha value is -3.30. The minimum Gasteiger partial charge on any atom is -0.469 e. The van der Waals surface area contributed by atoms with Gasteiger partial charge in [0, 0.05) is 38.7 Å². The van der Waals surface area contributed by atoms with Crippen molar-refractivity contribution in [3.05, 3.63) is 72.2 Å². The summed E-state index contributed by atoms with van der Waals surface area (Å²) in [5.41, 5.74) is 0.777. The summed E-state index contributed by atoms with van der Waals surface area (Å²) >= 11 is 0. The number of nitrogens with zero attached hydrogens (tertiary/aromatic N) is 2. The predicted octanol–water partition coefficient (Wildman–Crippen LogP) is 5.44. The molecule has 2 N–H and O–H groups in total. The second kappa shape index (κ2) is 13.3. The summed E-state index contributed by atoms with van der Waals surface area (Å²) < 4.78 is 37.2. The molecule has 1 heterocycles. The molecule has 0 atom stereocenters. The van der Waals surface area contributed by atoms with Crippen molar-refractivity contribution in [2.24, 2.45) is 5.14 Å². The largest absolute Gasteiger partial charge is 0.469 e. The number of likely N-dealkylation sites (N-methyl/N-ethyl adjacent to an activating group) is 1. The van der Waals surface area contributed by atoms with Crippen LogP contribution < -0.4 is 14.8 Å². The van der Waals surface area contributed by atoms with Gasteiger partial charge in [0.15, 0.2) is 5.75 Å². The maximum atomic E-state index is 13.5. The van der Waals surface area contributed by atoms with Gasteiger partial charge < -0.3 is 19.0 Å². The number of amides is 1. The lowest BCUT2D eigenvalue weighted by molar-refractivity contribution is 0.0794. The highest BCUT2D eigenvalue weighted by molar-refractivity contribution is 7.89. The first-order valence-electron chi connectivity index (χ1n) is 12.7. The third-order valence-corrected chi connectivity index (χ3v) is 6.99. The molecule has 0 saturated heterocycles. The highest BCUT2D eigenvalue weighted by Crippen LogP contribution is 2.40. The van der Waals surface area contributed by atoms with Gasteiger partial charge in [0.25, 0.3) is 5.91 Å². The summed E-state index contributed by atoms with van der Waals surface area (Å²) in [6.45, 7) is 5.99. The van der Waals surface area contributed by atoms with Crippen molar-refractivity contribution in [2.75, 3.05) is 31.6 Å². The lowest BCUT2D eigenvalue weighted by atomic mass is 10.1. The van der Waals surface area contributed by atoms with Gasteiger partial charge >= 0.3 is 0 Å². The minimum absolute atomic E-state index is 0.135. The number of para-hydroxylation sites is 1. The van der Waals surface area contributed by atoms with Crippen LogP contribution in [0, 0.1) is 0 Å². The number of benzene rings is 2. The van der Waals surface area contributed by atoms with E-state index >= 15 is 0 Å². The van der Waals surface area contributed by atoms with Crippen LogP contribution in [-0.2, 0) is 16.4 Å². The van der Waals surface area contributed by atoms with Gasteiger partial charge in [0.1, 0.15) is 16.4 Å². The van der Waals surface area contributed by atoms with Gasteiger partial charge in [-0.15, -0.1) is 0 Å². The summed E-state index contributed by atoms with van der Waals surface area (Å²) in [6, 6.07) is 15.7. The van der Waals surface area contributed by atoms with Gasteiger partial charge in [-0.3, -0.25) is 4.79 Å². The molecule has 3 rings (SSSR count). The van der Waals surface area contributed by atoms with E-state index in [1.54, 1.807) is 42.5 Å². The van der Waals surface area contributed by atoms with E-state index in [9.17, 15) is 13.2 Å². The van der Waals surface area contributed by atoms with Gasteiger partial charge in [-0.2, -0.15) is 0 Å². The van der Waals surface area contributed by atoms with E-state index in [4.69, 9.17) is 14.3 Å². The van der Waals surface area contributed by atoms with Crippen molar-refractivity contribution >= 4 is 21.6 Å². The second-order valence-electron chi connectivity index (χ2n) is 9.03. The zero-order valence-electron chi connectivity index (χ0n) is 21.9. The Morgan fingerprint density at radius 1 is 0.973 bits per heavy atom. The number of hydrogen-bond acceptors (Lipinski definition) is 6. The Kier molecular flexibility index (Phi) is 10.2. The van der Waals surface area contributed by atoms with Crippen LogP contribution in [0.5, 0.6) is 11.5 Å². The maximum absolute atomic E-state index is 13.5. The molecule has 0 aliphatic rings. The summed E-state index contributed by atoms with van der Waals surface area (Å²) in [4.78, 5) is 16.9. The SMILES string of the molecule is CCCCN(CCCC)c1cc(C(=O)N(C)CCc2ccco2)cc(S(N)(=O)=O)c1Oc1ccccc1. The highest BCUT2D eigenvalue weighted by atomic mass is 32.2. The molecule has 0 aliphatic heterocycles. The number of ether oxygens (including phenoxy) is 1. The molecule has 1 amide bonds. The lowest BCUT2D eigenvalue weighted by Gasteiger charge is -2.29. The number of sulfonamides is 1. The fourth-order valence-corrected chi connectivity index (χ4v) is 4.67. The standard InChI is InChI=1S/C28H37N3O5S/c1-4-6-16-31(17-7-5-2)25-20-22(28(32)30(3)18-15-23-14-11-19-35-23)21-26(37(29,33)34)27(25)36-24-12-9-8-10-13-24/h8-14,19-21H,4-7,15-18H2,1-3H3,(H2,29,33,34). The summed E-state index contributed by atoms with van der Waals surface area (Å²) in [7, 11) is -2.54. The summed E-state index contributed by atoms with van der Waals surface area (Å²) in [6.07, 6.45) is 5.87. The van der Waals surface area contributed by atoms with Crippen LogP contribution in [0.25, 0.3) is 0 Å². The molecule has 0 spiro atoms. The highest BCUT2D eigenvalue weighted by Gasteiger charge is 2.27. The monoisotopic (exact) mass is 527 g/mol. The van der Waals surface area contributed by atoms with Crippen LogP contribution in [0.4, 0.5) is 5.69 Å². The van der Waals surface area contributed by atoms with Crippen LogP contribution in [0.1, 0.15) is 55.6 Å². The van der Waals surface area contributed by atoms with Crippen LogP contribution in [-0.4, -0.2) is 45.9 Å². The third kappa shape index (κ3) is 7.84. The molecule has 8 nitrogen and oxygen atoms in total. The number of carbonyl (C=O) groups excluding carboxylic acids is 1. The fraction of sp³-hybridized carbons (Fsp3) is 0.393. The molecule has 0 bridgehead atoms. The molecule has 0 fully saturated rings. The molecular weight excluding hydrogens is 490 g/mol. The summed E-state index contributed by atoms with van der Waals surface area (Å²) in [5.74, 6) is 1.07. The quantitative estimate of drug-likeness (QED) is 0.299. The molecule has 0 unspecified atom stereocenters. The van der Waals surface area contributed by atoms with E-state index < -0.39 is 10.0 Å². The first kappa shape index (κ1) is 28.3. The molecule has 3 aromatic rings. The Bertz CT molecular complexity index is 1240. The number of rotatable bonds is 14. The van der Waals surface area contributed by atoms with E-state index in [-0.39, 0.29) is 22.1 Å². The van der Waals surface area contributed by atoms with E-state index in [0.29, 0.717) is 37.5 Å². The molecule has 0 aliphatic carbocycles. The minimum atomic E-state index is -4.22. The van der Waals surface area contributed by atoms with E-state index in [1.807, 2.05) is 24.3 Å². The Morgan fingerprint density at radius 2 is 1.65 bits per heavy atom. The van der Waals surface area contributed by atoms with E-state index in [0.717, 1.165) is 31.4 Å². The van der Waals surface area contributed by atoms with E-state index in [1.165, 1.54) is 6.07 Å². The van der Waals surface area contributed by atoms with Gasteiger partial charge in [-0.1, -0.05) is 44.9 Å². The lowest BCUT2D eigenvalue weighted by Crippen LogP contribution is -2.31. The molecule has 2 aromatic carbocycles. The van der Waals surface area contributed by atoms with Crippen molar-refractivity contribution in [1.82, 2.24) is 4.90 Å². The molecule has 9 heteroatoms.